The highest BCUT2D eigenvalue weighted by Crippen LogP contribution is 2.23. The molecule has 34 heavy (non-hydrogen) atoms. The summed E-state index contributed by atoms with van der Waals surface area (Å²) < 4.78 is 11.2. The van der Waals surface area contributed by atoms with Gasteiger partial charge in [-0.15, -0.1) is 0 Å². The molecule has 0 unspecified atom stereocenters. The van der Waals surface area contributed by atoms with E-state index in [0.717, 1.165) is 24.0 Å². The molecule has 3 rings (SSSR count). The third-order valence-corrected chi connectivity index (χ3v) is 5.80. The highest BCUT2D eigenvalue weighted by atomic mass is 16.5. The maximum Gasteiger partial charge on any atom is 0.344 e. The van der Waals surface area contributed by atoms with Crippen molar-refractivity contribution in [2.24, 2.45) is 0 Å². The fourth-order valence-corrected chi connectivity index (χ4v) is 3.88. The molecule has 0 spiro atoms. The van der Waals surface area contributed by atoms with Gasteiger partial charge in [-0.2, -0.15) is 0 Å². The molecule has 0 heterocycles. The van der Waals surface area contributed by atoms with E-state index in [1.165, 1.54) is 38.5 Å². The van der Waals surface area contributed by atoms with Crippen molar-refractivity contribution in [3.63, 3.8) is 0 Å². The Labute approximate surface area is 202 Å². The van der Waals surface area contributed by atoms with E-state index in [9.17, 15) is 9.59 Å². The second kappa shape index (κ2) is 14.0. The molecular weight excluding hydrogens is 424 g/mol. The van der Waals surface area contributed by atoms with Gasteiger partial charge in [0, 0.05) is 0 Å². The quantitative estimate of drug-likeness (QED) is 0.151. The topological polar surface area (TPSA) is 52.6 Å². The molecule has 0 amide bonds. The highest BCUT2D eigenvalue weighted by molar-refractivity contribution is 6.03. The fourth-order valence-electron chi connectivity index (χ4n) is 3.88. The molecule has 0 N–H and O–H groups in total. The van der Waals surface area contributed by atoms with Crippen LogP contribution in [0.25, 0.3) is 0 Å². The van der Waals surface area contributed by atoms with Gasteiger partial charge in [0.05, 0.1) is 11.1 Å². The third kappa shape index (κ3) is 7.87. The predicted octanol–water partition coefficient (Wildman–Crippen LogP) is 7.56. The van der Waals surface area contributed by atoms with Gasteiger partial charge < -0.3 is 9.47 Å². The second-order valence-corrected chi connectivity index (χ2v) is 8.48. The van der Waals surface area contributed by atoms with Crippen LogP contribution < -0.4 is 4.74 Å². The molecule has 178 valence electrons. The summed E-state index contributed by atoms with van der Waals surface area (Å²) >= 11 is 0. The van der Waals surface area contributed by atoms with Crippen molar-refractivity contribution < 1.29 is 19.1 Å². The number of aryl methyl sites for hydroxylation is 1. The van der Waals surface area contributed by atoms with Crippen LogP contribution in [0, 0.1) is 0 Å². The average molecular weight is 459 g/mol. The fraction of sp³-hybridized carbons (Fsp3) is 0.333. The minimum Gasteiger partial charge on any atom is -0.457 e. The van der Waals surface area contributed by atoms with Crippen LogP contribution in [0.2, 0.25) is 0 Å². The Balaban J connectivity index is 1.60. The van der Waals surface area contributed by atoms with Crippen LogP contribution in [0.4, 0.5) is 0 Å². The van der Waals surface area contributed by atoms with Crippen molar-refractivity contribution in [2.45, 2.75) is 64.9 Å². The lowest BCUT2D eigenvalue weighted by Gasteiger charge is -2.12. The van der Waals surface area contributed by atoms with Crippen molar-refractivity contribution in [3.05, 3.63) is 101 Å². The Bertz CT molecular complexity index is 1040. The summed E-state index contributed by atoms with van der Waals surface area (Å²) in [5.74, 6) is -0.557. The summed E-state index contributed by atoms with van der Waals surface area (Å²) in [7, 11) is 0. The maximum atomic E-state index is 13.0. The molecule has 0 fully saturated rings. The van der Waals surface area contributed by atoms with E-state index in [-0.39, 0.29) is 17.7 Å². The van der Waals surface area contributed by atoms with Crippen LogP contribution >= 0.6 is 0 Å². The first-order valence-electron chi connectivity index (χ1n) is 12.3. The molecule has 4 heteroatoms. The van der Waals surface area contributed by atoms with Gasteiger partial charge in [-0.1, -0.05) is 106 Å². The standard InChI is InChI=1S/C30H34O4/c1-2-3-4-5-6-7-11-18-25-19-12-15-22-28(25)34-30(32)27-21-14-13-20-26(27)29(31)33-23-24-16-9-8-10-17-24/h8-10,12-17,19-22H,2-7,11,18,23H2,1H3. The summed E-state index contributed by atoms with van der Waals surface area (Å²) in [6.45, 7) is 2.37. The highest BCUT2D eigenvalue weighted by Gasteiger charge is 2.20. The Hall–Kier alpha value is -3.40. The Morgan fingerprint density at radius 2 is 1.24 bits per heavy atom. The van der Waals surface area contributed by atoms with Gasteiger partial charge in [-0.3, -0.25) is 0 Å². The van der Waals surface area contributed by atoms with E-state index in [1.54, 1.807) is 24.3 Å². The van der Waals surface area contributed by atoms with Crippen LogP contribution in [0.15, 0.2) is 78.9 Å². The van der Waals surface area contributed by atoms with Gasteiger partial charge in [0.2, 0.25) is 0 Å². The number of ether oxygens (including phenoxy) is 2. The number of carbonyl (C=O) groups excluding carboxylic acids is 2. The number of rotatable bonds is 13. The minimum atomic E-state index is -0.556. The number of benzene rings is 3. The Morgan fingerprint density at radius 3 is 1.97 bits per heavy atom. The van der Waals surface area contributed by atoms with Crippen molar-refractivity contribution in [3.8, 4) is 5.75 Å². The molecule has 0 aliphatic carbocycles. The van der Waals surface area contributed by atoms with Crippen LogP contribution in [0.3, 0.4) is 0 Å². The summed E-state index contributed by atoms with van der Waals surface area (Å²) in [4.78, 5) is 25.7. The van der Waals surface area contributed by atoms with E-state index < -0.39 is 11.9 Å². The van der Waals surface area contributed by atoms with E-state index >= 15 is 0 Å². The zero-order chi connectivity index (χ0) is 24.0. The largest absolute Gasteiger partial charge is 0.457 e. The molecule has 0 saturated heterocycles. The van der Waals surface area contributed by atoms with Crippen molar-refractivity contribution >= 4 is 11.9 Å². The molecule has 0 bridgehead atoms. The molecule has 0 aliphatic heterocycles. The van der Waals surface area contributed by atoms with Crippen LogP contribution in [-0.4, -0.2) is 11.9 Å². The zero-order valence-corrected chi connectivity index (χ0v) is 20.0. The van der Waals surface area contributed by atoms with Gasteiger partial charge >= 0.3 is 11.9 Å². The first kappa shape index (κ1) is 25.2. The summed E-state index contributed by atoms with van der Waals surface area (Å²) in [5, 5.41) is 0. The summed E-state index contributed by atoms with van der Waals surface area (Å²) in [6.07, 6.45) is 9.47. The number of carbonyl (C=O) groups is 2. The molecule has 0 aliphatic rings. The van der Waals surface area contributed by atoms with E-state index in [4.69, 9.17) is 9.47 Å². The van der Waals surface area contributed by atoms with Crippen LogP contribution in [0.5, 0.6) is 5.75 Å². The monoisotopic (exact) mass is 458 g/mol. The molecule has 0 aromatic heterocycles. The lowest BCUT2D eigenvalue weighted by atomic mass is 10.0. The number of hydrogen-bond acceptors (Lipinski definition) is 4. The molecule has 4 nitrogen and oxygen atoms in total. The first-order valence-corrected chi connectivity index (χ1v) is 12.3. The van der Waals surface area contributed by atoms with Crippen molar-refractivity contribution in [2.75, 3.05) is 0 Å². The molecule has 3 aromatic rings. The number of esters is 2. The lowest BCUT2D eigenvalue weighted by molar-refractivity contribution is 0.0465. The van der Waals surface area contributed by atoms with E-state index in [2.05, 4.69) is 6.92 Å². The molecule has 0 saturated carbocycles. The summed E-state index contributed by atoms with van der Waals surface area (Å²) in [6, 6.07) is 23.7. The SMILES string of the molecule is CCCCCCCCCc1ccccc1OC(=O)c1ccccc1C(=O)OCc1ccccc1. The van der Waals surface area contributed by atoms with E-state index in [0.29, 0.717) is 5.75 Å². The van der Waals surface area contributed by atoms with Crippen molar-refractivity contribution in [1.29, 1.82) is 0 Å². The minimum absolute atomic E-state index is 0.143. The van der Waals surface area contributed by atoms with Crippen LogP contribution in [-0.2, 0) is 17.8 Å². The number of para-hydroxylation sites is 1. The number of unbranched alkanes of at least 4 members (excludes halogenated alkanes) is 6. The smallest absolute Gasteiger partial charge is 0.344 e. The van der Waals surface area contributed by atoms with Gasteiger partial charge in [-0.25, -0.2) is 9.59 Å². The van der Waals surface area contributed by atoms with Crippen LogP contribution in [0.1, 0.15) is 83.7 Å². The maximum absolute atomic E-state index is 13.0. The zero-order valence-electron chi connectivity index (χ0n) is 20.0. The second-order valence-electron chi connectivity index (χ2n) is 8.48. The summed E-state index contributed by atoms with van der Waals surface area (Å²) in [5.41, 5.74) is 2.29. The Morgan fingerprint density at radius 1 is 0.647 bits per heavy atom. The lowest BCUT2D eigenvalue weighted by Crippen LogP contribution is -2.16. The Kier molecular flexibility index (Phi) is 10.4. The van der Waals surface area contributed by atoms with Gasteiger partial charge in [0.1, 0.15) is 12.4 Å². The normalized spacial score (nSPS) is 10.6. The van der Waals surface area contributed by atoms with Crippen molar-refractivity contribution in [1.82, 2.24) is 0 Å². The molecule has 3 aromatic carbocycles. The average Bonchev–Trinajstić information content (AvgIpc) is 2.88. The molecule has 0 atom stereocenters. The third-order valence-electron chi connectivity index (χ3n) is 5.80. The van der Waals surface area contributed by atoms with Gasteiger partial charge in [0.15, 0.2) is 0 Å². The molecule has 0 radical (unpaired) electrons. The number of hydrogen-bond donors (Lipinski definition) is 0. The molecular formula is C30H34O4. The van der Waals surface area contributed by atoms with E-state index in [1.807, 2.05) is 54.6 Å². The first-order chi connectivity index (χ1) is 16.7. The van der Waals surface area contributed by atoms with Gasteiger partial charge in [-0.05, 0) is 42.2 Å². The predicted molar refractivity (Wildman–Crippen MR) is 135 cm³/mol. The van der Waals surface area contributed by atoms with Gasteiger partial charge in [0.25, 0.3) is 0 Å².